The van der Waals surface area contributed by atoms with Gasteiger partial charge in [0.2, 0.25) is 5.91 Å². The molecule has 0 radical (unpaired) electrons. The lowest BCUT2D eigenvalue weighted by Crippen LogP contribution is -2.23. The average Bonchev–Trinajstić information content (AvgIpc) is 2.94. The zero-order chi connectivity index (χ0) is 15.5. The van der Waals surface area contributed by atoms with Crippen molar-refractivity contribution >= 4 is 23.2 Å². The summed E-state index contributed by atoms with van der Waals surface area (Å²) in [7, 11) is 0. The summed E-state index contributed by atoms with van der Waals surface area (Å²) in [6.07, 6.45) is 1.40. The molecule has 1 aliphatic rings. The molecular weight excluding hydrogens is 283 g/mol. The highest BCUT2D eigenvalue weighted by molar-refractivity contribution is 6.04. The maximum atomic E-state index is 13.2. The molecule has 0 aliphatic carbocycles. The first-order valence-corrected chi connectivity index (χ1v) is 7.11. The Labute approximate surface area is 127 Å². The van der Waals surface area contributed by atoms with Gasteiger partial charge in [0, 0.05) is 29.9 Å². The van der Waals surface area contributed by atoms with Crippen molar-refractivity contribution < 1.29 is 14.0 Å². The molecule has 2 aromatic carbocycles. The molecule has 2 aromatic rings. The summed E-state index contributed by atoms with van der Waals surface area (Å²) in [6, 6.07) is 12.6. The van der Waals surface area contributed by atoms with E-state index in [2.05, 4.69) is 5.32 Å². The quantitative estimate of drug-likeness (QED) is 0.946. The van der Waals surface area contributed by atoms with Crippen LogP contribution in [0, 0.1) is 5.82 Å². The van der Waals surface area contributed by atoms with Crippen molar-refractivity contribution in [2.24, 2.45) is 0 Å². The average molecular weight is 298 g/mol. The second kappa shape index (κ2) is 5.97. The van der Waals surface area contributed by atoms with Crippen LogP contribution < -0.4 is 10.2 Å². The highest BCUT2D eigenvalue weighted by atomic mass is 19.1. The van der Waals surface area contributed by atoms with Crippen LogP contribution in [0.3, 0.4) is 0 Å². The fraction of sp³-hybridized carbons (Fsp3) is 0.176. The van der Waals surface area contributed by atoms with E-state index in [0.29, 0.717) is 18.7 Å². The van der Waals surface area contributed by atoms with Gasteiger partial charge in [-0.2, -0.15) is 0 Å². The number of benzene rings is 2. The maximum absolute atomic E-state index is 13.2. The van der Waals surface area contributed by atoms with Gasteiger partial charge in [-0.3, -0.25) is 9.59 Å². The highest BCUT2D eigenvalue weighted by Crippen LogP contribution is 2.24. The maximum Gasteiger partial charge on any atom is 0.255 e. The number of carbonyl (C=O) groups is 2. The van der Waals surface area contributed by atoms with E-state index in [-0.39, 0.29) is 17.4 Å². The van der Waals surface area contributed by atoms with Crippen molar-refractivity contribution in [1.29, 1.82) is 0 Å². The van der Waals surface area contributed by atoms with Gasteiger partial charge in [0.1, 0.15) is 5.82 Å². The number of halogens is 1. The van der Waals surface area contributed by atoms with E-state index in [4.69, 9.17) is 0 Å². The molecule has 1 fully saturated rings. The molecule has 22 heavy (non-hydrogen) atoms. The normalized spacial score (nSPS) is 14.2. The minimum Gasteiger partial charge on any atom is -0.322 e. The van der Waals surface area contributed by atoms with Crippen LogP contribution in [-0.4, -0.2) is 18.4 Å². The molecule has 0 atom stereocenters. The molecule has 0 saturated carbocycles. The van der Waals surface area contributed by atoms with E-state index in [9.17, 15) is 14.0 Å². The predicted octanol–water partition coefficient (Wildman–Crippen LogP) is 3.20. The molecule has 2 amide bonds. The summed E-state index contributed by atoms with van der Waals surface area (Å²) in [4.78, 5) is 25.6. The van der Waals surface area contributed by atoms with E-state index in [1.54, 1.807) is 29.2 Å². The molecule has 1 aliphatic heterocycles. The van der Waals surface area contributed by atoms with Gasteiger partial charge in [0.15, 0.2) is 0 Å². The van der Waals surface area contributed by atoms with Crippen molar-refractivity contribution in [3.8, 4) is 0 Å². The third-order valence-corrected chi connectivity index (χ3v) is 3.58. The Kier molecular flexibility index (Phi) is 3.87. The second-order valence-electron chi connectivity index (χ2n) is 5.16. The fourth-order valence-electron chi connectivity index (χ4n) is 2.51. The standard InChI is InChI=1S/C17H15FN2O2/c18-13-5-1-4-12(10-13)17(22)19-14-6-2-7-15(11-14)20-9-3-8-16(20)21/h1-2,4-7,10-11H,3,8-9H2,(H,19,22). The summed E-state index contributed by atoms with van der Waals surface area (Å²) in [6.45, 7) is 0.695. The third-order valence-electron chi connectivity index (χ3n) is 3.58. The zero-order valence-electron chi connectivity index (χ0n) is 11.9. The molecule has 4 nitrogen and oxygen atoms in total. The Morgan fingerprint density at radius 1 is 1.14 bits per heavy atom. The van der Waals surface area contributed by atoms with E-state index in [0.717, 1.165) is 12.1 Å². The van der Waals surface area contributed by atoms with Crippen molar-refractivity contribution in [2.45, 2.75) is 12.8 Å². The SMILES string of the molecule is O=C(Nc1cccc(N2CCCC2=O)c1)c1cccc(F)c1. The molecule has 3 rings (SSSR count). The number of carbonyl (C=O) groups excluding carboxylic acids is 2. The zero-order valence-corrected chi connectivity index (χ0v) is 11.9. The molecule has 1 saturated heterocycles. The molecule has 1 heterocycles. The Bertz CT molecular complexity index is 730. The van der Waals surface area contributed by atoms with Gasteiger partial charge in [-0.05, 0) is 42.8 Å². The number of hydrogen-bond donors (Lipinski definition) is 1. The number of rotatable bonds is 3. The Morgan fingerprint density at radius 3 is 2.68 bits per heavy atom. The predicted molar refractivity (Wildman–Crippen MR) is 82.4 cm³/mol. The Hall–Kier alpha value is -2.69. The van der Waals surface area contributed by atoms with Crippen LogP contribution in [0.15, 0.2) is 48.5 Å². The minimum atomic E-state index is -0.455. The van der Waals surface area contributed by atoms with Crippen LogP contribution in [0.1, 0.15) is 23.2 Å². The monoisotopic (exact) mass is 298 g/mol. The lowest BCUT2D eigenvalue weighted by molar-refractivity contribution is -0.117. The van der Waals surface area contributed by atoms with Crippen LogP contribution >= 0.6 is 0 Å². The second-order valence-corrected chi connectivity index (χ2v) is 5.16. The number of nitrogens with one attached hydrogen (secondary N) is 1. The summed E-state index contributed by atoms with van der Waals surface area (Å²) in [5.41, 5.74) is 1.59. The van der Waals surface area contributed by atoms with Gasteiger partial charge >= 0.3 is 0 Å². The smallest absolute Gasteiger partial charge is 0.255 e. The van der Waals surface area contributed by atoms with Crippen LogP contribution in [0.25, 0.3) is 0 Å². The van der Waals surface area contributed by atoms with Crippen LogP contribution in [0.4, 0.5) is 15.8 Å². The van der Waals surface area contributed by atoms with Crippen molar-refractivity contribution in [3.63, 3.8) is 0 Å². The molecule has 0 bridgehead atoms. The molecule has 0 unspecified atom stereocenters. The number of anilines is 2. The topological polar surface area (TPSA) is 49.4 Å². The molecule has 112 valence electrons. The first-order chi connectivity index (χ1) is 10.6. The van der Waals surface area contributed by atoms with Crippen molar-refractivity contribution in [2.75, 3.05) is 16.8 Å². The Morgan fingerprint density at radius 2 is 1.95 bits per heavy atom. The molecule has 0 aromatic heterocycles. The molecule has 0 spiro atoms. The van der Waals surface area contributed by atoms with Gasteiger partial charge in [0.05, 0.1) is 0 Å². The van der Waals surface area contributed by atoms with Gasteiger partial charge in [-0.15, -0.1) is 0 Å². The van der Waals surface area contributed by atoms with Crippen molar-refractivity contribution in [3.05, 3.63) is 59.9 Å². The Balaban J connectivity index is 1.78. The third kappa shape index (κ3) is 2.98. The first kappa shape index (κ1) is 14.3. The van der Waals surface area contributed by atoms with E-state index < -0.39 is 5.82 Å². The van der Waals surface area contributed by atoms with Gasteiger partial charge < -0.3 is 10.2 Å². The molecule has 5 heteroatoms. The molecular formula is C17H15FN2O2. The summed E-state index contributed by atoms with van der Waals surface area (Å²) >= 11 is 0. The summed E-state index contributed by atoms with van der Waals surface area (Å²) in [5, 5.41) is 2.72. The van der Waals surface area contributed by atoms with Gasteiger partial charge in [-0.25, -0.2) is 4.39 Å². The number of nitrogens with zero attached hydrogens (tertiary/aromatic N) is 1. The van der Waals surface area contributed by atoms with Crippen LogP contribution in [0.5, 0.6) is 0 Å². The lowest BCUT2D eigenvalue weighted by atomic mass is 10.2. The minimum absolute atomic E-state index is 0.0913. The molecule has 1 N–H and O–H groups in total. The number of amides is 2. The van der Waals surface area contributed by atoms with Crippen LogP contribution in [0.2, 0.25) is 0 Å². The number of hydrogen-bond acceptors (Lipinski definition) is 2. The van der Waals surface area contributed by atoms with Crippen molar-refractivity contribution in [1.82, 2.24) is 0 Å². The van der Waals surface area contributed by atoms with Gasteiger partial charge in [-0.1, -0.05) is 12.1 Å². The fourth-order valence-corrected chi connectivity index (χ4v) is 2.51. The van der Waals surface area contributed by atoms with Gasteiger partial charge in [0.25, 0.3) is 5.91 Å². The van der Waals surface area contributed by atoms with E-state index in [1.165, 1.54) is 18.2 Å². The van der Waals surface area contributed by atoms with Crippen LogP contribution in [-0.2, 0) is 4.79 Å². The summed E-state index contributed by atoms with van der Waals surface area (Å²) in [5.74, 6) is -0.748. The van der Waals surface area contributed by atoms with E-state index >= 15 is 0 Å². The first-order valence-electron chi connectivity index (χ1n) is 7.11. The van der Waals surface area contributed by atoms with E-state index in [1.807, 2.05) is 6.07 Å². The summed E-state index contributed by atoms with van der Waals surface area (Å²) < 4.78 is 13.2. The highest BCUT2D eigenvalue weighted by Gasteiger charge is 2.21. The lowest BCUT2D eigenvalue weighted by Gasteiger charge is -2.16. The largest absolute Gasteiger partial charge is 0.322 e.